The van der Waals surface area contributed by atoms with Crippen molar-refractivity contribution < 1.29 is 23.8 Å². The van der Waals surface area contributed by atoms with Crippen molar-refractivity contribution in [2.75, 3.05) is 13.7 Å². The van der Waals surface area contributed by atoms with Crippen molar-refractivity contribution in [1.29, 1.82) is 0 Å². The highest BCUT2D eigenvalue weighted by Crippen LogP contribution is 2.30. The quantitative estimate of drug-likeness (QED) is 0.329. The fraction of sp³-hybridized carbons (Fsp3) is 0.391. The van der Waals surface area contributed by atoms with Crippen LogP contribution in [0.3, 0.4) is 0 Å². The molecule has 3 rings (SSSR count). The third-order valence-electron chi connectivity index (χ3n) is 5.01. The van der Waals surface area contributed by atoms with Gasteiger partial charge >= 0.3 is 6.09 Å². The number of azide groups is 1. The van der Waals surface area contributed by atoms with Gasteiger partial charge in [-0.3, -0.25) is 4.79 Å². The number of nitrogens with zero attached hydrogens (tertiary/aromatic N) is 4. The predicted molar refractivity (Wildman–Crippen MR) is 118 cm³/mol. The molecule has 1 fully saturated rings. The van der Waals surface area contributed by atoms with Crippen LogP contribution in [-0.4, -0.2) is 48.8 Å². The average molecular weight is 438 g/mol. The van der Waals surface area contributed by atoms with Crippen LogP contribution in [0.1, 0.15) is 25.0 Å². The summed E-state index contributed by atoms with van der Waals surface area (Å²) >= 11 is 0. The van der Waals surface area contributed by atoms with Gasteiger partial charge in [-0.25, -0.2) is 9.69 Å². The van der Waals surface area contributed by atoms with Crippen LogP contribution in [0, 0.1) is 0 Å². The van der Waals surface area contributed by atoms with E-state index in [1.165, 1.54) is 0 Å². The Balaban J connectivity index is 1.82. The molecule has 0 radical (unpaired) electrons. The van der Waals surface area contributed by atoms with E-state index in [2.05, 4.69) is 10.0 Å². The number of hydrogen-bond donors (Lipinski definition) is 0. The Labute approximate surface area is 186 Å². The summed E-state index contributed by atoms with van der Waals surface area (Å²) in [6, 6.07) is 13.2. The zero-order chi connectivity index (χ0) is 23.1. The Bertz CT molecular complexity index is 1000. The van der Waals surface area contributed by atoms with Gasteiger partial charge in [0.1, 0.15) is 12.6 Å². The van der Waals surface area contributed by atoms with Crippen molar-refractivity contribution in [2.24, 2.45) is 5.11 Å². The van der Waals surface area contributed by atoms with Crippen molar-refractivity contribution in [3.63, 3.8) is 0 Å². The topological polar surface area (TPSA) is 114 Å². The van der Waals surface area contributed by atoms with Gasteiger partial charge in [0.05, 0.1) is 19.3 Å². The maximum absolute atomic E-state index is 13.2. The van der Waals surface area contributed by atoms with Crippen molar-refractivity contribution in [2.45, 2.75) is 44.9 Å². The molecule has 0 saturated carbocycles. The Hall–Kier alpha value is -3.71. The summed E-state index contributed by atoms with van der Waals surface area (Å²) in [7, 11) is 1.54. The molecule has 1 heterocycles. The lowest BCUT2D eigenvalue weighted by molar-refractivity contribution is -0.130. The molecule has 168 valence electrons. The smallest absolute Gasteiger partial charge is 0.416 e. The number of carbonyl (C=O) groups is 2. The van der Waals surface area contributed by atoms with E-state index >= 15 is 0 Å². The molecule has 9 heteroatoms. The van der Waals surface area contributed by atoms with Gasteiger partial charge in [0.2, 0.25) is 5.91 Å². The average Bonchev–Trinajstić information content (AvgIpc) is 3.13. The minimum atomic E-state index is -1.11. The molecule has 0 spiro atoms. The van der Waals surface area contributed by atoms with Crippen LogP contribution in [0.2, 0.25) is 0 Å². The molecule has 0 bridgehead atoms. The van der Waals surface area contributed by atoms with E-state index < -0.39 is 24.1 Å². The highest BCUT2D eigenvalue weighted by Gasteiger charge is 2.40. The molecule has 9 nitrogen and oxygen atoms in total. The first-order valence-electron chi connectivity index (χ1n) is 10.3. The van der Waals surface area contributed by atoms with Gasteiger partial charge < -0.3 is 14.2 Å². The Morgan fingerprint density at radius 3 is 2.62 bits per heavy atom. The van der Waals surface area contributed by atoms with Gasteiger partial charge in [-0.1, -0.05) is 41.5 Å². The molecule has 1 aliphatic heterocycles. The van der Waals surface area contributed by atoms with Crippen molar-refractivity contribution in [3.05, 3.63) is 70.1 Å². The molecule has 2 aromatic rings. The largest absolute Gasteiger partial charge is 0.493 e. The van der Waals surface area contributed by atoms with Gasteiger partial charge in [0, 0.05) is 4.91 Å². The summed E-state index contributed by atoms with van der Waals surface area (Å²) < 4.78 is 16.2. The standard InChI is InChI=1S/C23H26N4O5/c1-15(2)32-21-13-17(9-10-20(21)30-3)12-19(25-26-24)22(28)27-18(14-31-23(27)29)11-16-7-5-4-6-8-16/h4-10,13,15,18-19H,11-12,14H2,1-3H3/t18-,19-/m0/s1. The molecular weight excluding hydrogens is 412 g/mol. The van der Waals surface area contributed by atoms with Gasteiger partial charge in [0.15, 0.2) is 11.5 Å². The minimum Gasteiger partial charge on any atom is -0.493 e. The van der Waals surface area contributed by atoms with E-state index in [1.54, 1.807) is 25.3 Å². The zero-order valence-corrected chi connectivity index (χ0v) is 18.3. The molecule has 2 atom stereocenters. The number of hydrogen-bond acceptors (Lipinski definition) is 6. The SMILES string of the molecule is COc1ccc(C[C@H](N=[N+]=[N-])C(=O)N2C(=O)OC[C@@H]2Cc2ccccc2)cc1OC(C)C. The number of ether oxygens (including phenoxy) is 3. The Kier molecular flexibility index (Phi) is 7.57. The van der Waals surface area contributed by atoms with E-state index in [-0.39, 0.29) is 19.1 Å². The third kappa shape index (κ3) is 5.50. The van der Waals surface area contributed by atoms with Crippen LogP contribution >= 0.6 is 0 Å². The fourth-order valence-electron chi connectivity index (χ4n) is 3.58. The molecule has 2 amide bonds. The summed E-state index contributed by atoms with van der Waals surface area (Å²) in [6.07, 6.45) is -0.251. The molecule has 0 N–H and O–H groups in total. The first kappa shape index (κ1) is 23.0. The van der Waals surface area contributed by atoms with E-state index in [1.807, 2.05) is 44.2 Å². The van der Waals surface area contributed by atoms with E-state index in [0.717, 1.165) is 10.5 Å². The lowest BCUT2D eigenvalue weighted by atomic mass is 10.0. The third-order valence-corrected chi connectivity index (χ3v) is 5.01. The maximum Gasteiger partial charge on any atom is 0.416 e. The summed E-state index contributed by atoms with van der Waals surface area (Å²) in [5.74, 6) is 0.489. The van der Waals surface area contributed by atoms with Crippen LogP contribution < -0.4 is 9.47 Å². The first-order chi connectivity index (χ1) is 15.4. The summed E-state index contributed by atoms with van der Waals surface area (Å²) in [5.41, 5.74) is 10.7. The van der Waals surface area contributed by atoms with Crippen molar-refractivity contribution in [3.8, 4) is 11.5 Å². The van der Waals surface area contributed by atoms with E-state index in [9.17, 15) is 9.59 Å². The molecule has 0 unspecified atom stereocenters. The summed E-state index contributed by atoms with van der Waals surface area (Å²) in [5, 5.41) is 3.68. The van der Waals surface area contributed by atoms with E-state index in [4.69, 9.17) is 19.7 Å². The number of cyclic esters (lactones) is 1. The highest BCUT2D eigenvalue weighted by atomic mass is 16.6. The Morgan fingerprint density at radius 1 is 1.22 bits per heavy atom. The molecule has 1 saturated heterocycles. The zero-order valence-electron chi connectivity index (χ0n) is 18.3. The van der Waals surface area contributed by atoms with Crippen LogP contribution in [-0.2, 0) is 22.4 Å². The molecule has 1 aliphatic rings. The number of methoxy groups -OCH3 is 1. The molecule has 0 aliphatic carbocycles. The number of carbonyl (C=O) groups excluding carboxylic acids is 2. The van der Waals surface area contributed by atoms with Crippen LogP contribution in [0.5, 0.6) is 11.5 Å². The highest BCUT2D eigenvalue weighted by molar-refractivity contribution is 5.96. The van der Waals surface area contributed by atoms with E-state index in [0.29, 0.717) is 23.5 Å². The normalized spacial score (nSPS) is 16.3. The summed E-state index contributed by atoms with van der Waals surface area (Å²) in [6.45, 7) is 3.88. The van der Waals surface area contributed by atoms with Crippen LogP contribution in [0.25, 0.3) is 10.4 Å². The maximum atomic E-state index is 13.2. The van der Waals surface area contributed by atoms with Gasteiger partial charge in [0.25, 0.3) is 0 Å². The van der Waals surface area contributed by atoms with Crippen LogP contribution in [0.4, 0.5) is 4.79 Å². The van der Waals surface area contributed by atoms with Gasteiger partial charge in [-0.05, 0) is 55.5 Å². The number of benzene rings is 2. The van der Waals surface area contributed by atoms with Gasteiger partial charge in [-0.15, -0.1) is 0 Å². The second-order valence-electron chi connectivity index (χ2n) is 7.71. The number of amides is 2. The molecule has 32 heavy (non-hydrogen) atoms. The number of imide groups is 1. The fourth-order valence-corrected chi connectivity index (χ4v) is 3.58. The Morgan fingerprint density at radius 2 is 1.97 bits per heavy atom. The second-order valence-corrected chi connectivity index (χ2v) is 7.71. The number of rotatable bonds is 9. The van der Waals surface area contributed by atoms with Gasteiger partial charge in [-0.2, -0.15) is 0 Å². The van der Waals surface area contributed by atoms with Crippen LogP contribution in [0.15, 0.2) is 53.6 Å². The van der Waals surface area contributed by atoms with Crippen molar-refractivity contribution >= 4 is 12.0 Å². The second kappa shape index (κ2) is 10.5. The molecule has 2 aromatic carbocycles. The van der Waals surface area contributed by atoms with Crippen molar-refractivity contribution in [1.82, 2.24) is 4.90 Å². The minimum absolute atomic E-state index is 0.0770. The molecular formula is C23H26N4O5. The summed E-state index contributed by atoms with van der Waals surface area (Å²) in [4.78, 5) is 29.5. The first-order valence-corrected chi connectivity index (χ1v) is 10.3. The molecule has 0 aromatic heterocycles. The lowest BCUT2D eigenvalue weighted by Crippen LogP contribution is -2.45. The lowest BCUT2D eigenvalue weighted by Gasteiger charge is -2.23. The monoisotopic (exact) mass is 438 g/mol. The predicted octanol–water partition coefficient (Wildman–Crippen LogP) is 4.29.